The molecule has 196 valence electrons. The highest BCUT2D eigenvalue weighted by molar-refractivity contribution is 7.89. The van der Waals surface area contributed by atoms with Crippen LogP contribution in [0.4, 0.5) is 0 Å². The number of halogens is 1. The second-order valence-electron chi connectivity index (χ2n) is 9.96. The monoisotopic (exact) mass is 540 g/mol. The second kappa shape index (κ2) is 11.0. The largest absolute Gasteiger partial charge is 0.348 e. The summed E-state index contributed by atoms with van der Waals surface area (Å²) in [7, 11) is -3.72. The van der Waals surface area contributed by atoms with Gasteiger partial charge in [-0.2, -0.15) is 4.31 Å². The fraction of sp³-hybridized carbons (Fsp3) is 0.429. The minimum atomic E-state index is -3.72. The summed E-state index contributed by atoms with van der Waals surface area (Å²) >= 11 is 6.34. The topological polar surface area (TPSA) is 86.4 Å². The van der Waals surface area contributed by atoms with E-state index >= 15 is 0 Å². The van der Waals surface area contributed by atoms with Crippen LogP contribution in [0, 0.1) is 6.92 Å². The molecule has 37 heavy (non-hydrogen) atoms. The molecule has 1 N–H and O–H groups in total. The first-order valence-electron chi connectivity index (χ1n) is 13.0. The minimum absolute atomic E-state index is 0.0784. The van der Waals surface area contributed by atoms with Gasteiger partial charge < -0.3 is 9.88 Å². The van der Waals surface area contributed by atoms with Gasteiger partial charge in [0.25, 0.3) is 0 Å². The van der Waals surface area contributed by atoms with Gasteiger partial charge >= 0.3 is 0 Å². The zero-order valence-corrected chi connectivity index (χ0v) is 22.6. The maximum absolute atomic E-state index is 13.6. The fourth-order valence-corrected chi connectivity index (χ4v) is 8.30. The number of sulfonamides is 1. The first-order chi connectivity index (χ1) is 17.9. The number of aromatic nitrogens is 2. The third-order valence-electron chi connectivity index (χ3n) is 7.59. The average Bonchev–Trinajstić information content (AvgIpc) is 3.37. The van der Waals surface area contributed by atoms with Gasteiger partial charge in [-0.1, -0.05) is 60.5 Å². The van der Waals surface area contributed by atoms with E-state index in [1.807, 2.05) is 35.2 Å². The molecule has 1 saturated heterocycles. The van der Waals surface area contributed by atoms with Crippen LogP contribution in [0.2, 0.25) is 5.02 Å². The molecule has 2 aliphatic heterocycles. The molecule has 2 atom stereocenters. The molecular formula is C28H33ClN4O3S. The van der Waals surface area contributed by atoms with Gasteiger partial charge in [-0.3, -0.25) is 4.79 Å². The number of aromatic amines is 1. The van der Waals surface area contributed by atoms with Gasteiger partial charge in [-0.15, -0.1) is 0 Å². The van der Waals surface area contributed by atoms with Crippen LogP contribution in [0.15, 0.2) is 59.8 Å². The van der Waals surface area contributed by atoms with E-state index < -0.39 is 10.0 Å². The normalized spacial score (nSPS) is 20.5. The third-order valence-corrected chi connectivity index (χ3v) is 10.2. The quantitative estimate of drug-likeness (QED) is 0.443. The lowest BCUT2D eigenvalue weighted by Crippen LogP contribution is -2.44. The Morgan fingerprint density at radius 2 is 1.92 bits per heavy atom. The van der Waals surface area contributed by atoms with Crippen molar-refractivity contribution in [2.24, 2.45) is 0 Å². The first-order valence-corrected chi connectivity index (χ1v) is 14.8. The molecule has 0 spiro atoms. The van der Waals surface area contributed by atoms with Gasteiger partial charge in [0.1, 0.15) is 10.9 Å². The SMILES string of the molecule is Cc1cccc(Cl)c1S(=O)(=O)N1CCCCC1CCCC(=O)N1CCc2[nH]cnc2C1c1ccccc1. The van der Waals surface area contributed by atoms with Gasteiger partial charge in [-0.05, 0) is 49.8 Å². The number of hydrogen-bond donors (Lipinski definition) is 1. The van der Waals surface area contributed by atoms with Crippen LogP contribution in [0.3, 0.4) is 0 Å². The van der Waals surface area contributed by atoms with Crippen LogP contribution in [0.25, 0.3) is 0 Å². The number of carbonyl (C=O) groups excluding carboxylic acids is 1. The van der Waals surface area contributed by atoms with E-state index in [0.29, 0.717) is 37.9 Å². The van der Waals surface area contributed by atoms with Crippen molar-refractivity contribution in [3.05, 3.63) is 82.4 Å². The van der Waals surface area contributed by atoms with Crippen molar-refractivity contribution < 1.29 is 13.2 Å². The summed E-state index contributed by atoms with van der Waals surface area (Å²) in [6.07, 6.45) is 6.70. The zero-order chi connectivity index (χ0) is 26.0. The molecule has 0 radical (unpaired) electrons. The molecule has 1 amide bonds. The number of hydrogen-bond acceptors (Lipinski definition) is 4. The van der Waals surface area contributed by atoms with Crippen molar-refractivity contribution in [3.8, 4) is 0 Å². The summed E-state index contributed by atoms with van der Waals surface area (Å²) in [5.74, 6) is 0.0784. The molecule has 3 heterocycles. The van der Waals surface area contributed by atoms with Crippen molar-refractivity contribution >= 4 is 27.5 Å². The summed E-state index contributed by atoms with van der Waals surface area (Å²) in [6.45, 7) is 2.89. The Kier molecular flexibility index (Phi) is 7.70. The summed E-state index contributed by atoms with van der Waals surface area (Å²) in [4.78, 5) is 23.4. The summed E-state index contributed by atoms with van der Waals surface area (Å²) in [5, 5.41) is 0.259. The van der Waals surface area contributed by atoms with Gasteiger partial charge in [0.05, 0.1) is 17.0 Å². The Bertz CT molecular complexity index is 1340. The maximum Gasteiger partial charge on any atom is 0.245 e. The minimum Gasteiger partial charge on any atom is -0.348 e. The molecule has 0 saturated carbocycles. The highest BCUT2D eigenvalue weighted by Crippen LogP contribution is 2.35. The number of imidazole rings is 1. The molecule has 5 rings (SSSR count). The van der Waals surface area contributed by atoms with E-state index in [-0.39, 0.29) is 27.9 Å². The van der Waals surface area contributed by atoms with E-state index in [1.54, 1.807) is 35.8 Å². The van der Waals surface area contributed by atoms with Crippen LogP contribution in [-0.4, -0.2) is 52.6 Å². The number of aryl methyl sites for hydroxylation is 1. The Labute approximate surface area is 223 Å². The number of rotatable bonds is 7. The van der Waals surface area contributed by atoms with Crippen molar-refractivity contribution in [2.45, 2.75) is 68.8 Å². The van der Waals surface area contributed by atoms with Gasteiger partial charge in [0.2, 0.25) is 15.9 Å². The number of nitrogens with zero attached hydrogens (tertiary/aromatic N) is 3. The van der Waals surface area contributed by atoms with Crippen molar-refractivity contribution in [2.75, 3.05) is 13.1 Å². The van der Waals surface area contributed by atoms with Crippen molar-refractivity contribution in [1.82, 2.24) is 19.2 Å². The van der Waals surface area contributed by atoms with Crippen molar-refractivity contribution in [3.63, 3.8) is 0 Å². The zero-order valence-electron chi connectivity index (χ0n) is 21.1. The Balaban J connectivity index is 1.29. The molecule has 3 aromatic rings. The number of nitrogens with one attached hydrogen (secondary N) is 1. The van der Waals surface area contributed by atoms with Crippen LogP contribution in [-0.2, 0) is 21.2 Å². The van der Waals surface area contributed by atoms with Crippen LogP contribution in [0.5, 0.6) is 0 Å². The number of carbonyl (C=O) groups is 1. The Morgan fingerprint density at radius 1 is 1.11 bits per heavy atom. The molecule has 9 heteroatoms. The molecule has 1 aromatic heterocycles. The Hall–Kier alpha value is -2.68. The Morgan fingerprint density at radius 3 is 2.70 bits per heavy atom. The first kappa shape index (κ1) is 25.9. The number of benzene rings is 2. The molecule has 0 bridgehead atoms. The fourth-order valence-electron chi connectivity index (χ4n) is 5.79. The average molecular weight is 541 g/mol. The summed E-state index contributed by atoms with van der Waals surface area (Å²) in [5.41, 5.74) is 3.69. The predicted molar refractivity (Wildman–Crippen MR) is 144 cm³/mol. The molecule has 7 nitrogen and oxygen atoms in total. The van der Waals surface area contributed by atoms with Crippen LogP contribution in [0.1, 0.15) is 67.1 Å². The number of amides is 1. The van der Waals surface area contributed by atoms with Gasteiger partial charge in [0.15, 0.2) is 0 Å². The highest BCUT2D eigenvalue weighted by atomic mass is 35.5. The molecule has 2 aromatic carbocycles. The molecule has 1 fully saturated rings. The molecule has 0 aliphatic carbocycles. The van der Waals surface area contributed by atoms with E-state index in [2.05, 4.69) is 9.97 Å². The molecular weight excluding hydrogens is 508 g/mol. The smallest absolute Gasteiger partial charge is 0.245 e. The van der Waals surface area contributed by atoms with Gasteiger partial charge in [0, 0.05) is 37.7 Å². The lowest BCUT2D eigenvalue weighted by molar-refractivity contribution is -0.133. The lowest BCUT2D eigenvalue weighted by Gasteiger charge is -2.36. The summed E-state index contributed by atoms with van der Waals surface area (Å²) < 4.78 is 28.9. The number of piperidine rings is 1. The van der Waals surface area contributed by atoms with E-state index in [9.17, 15) is 13.2 Å². The van der Waals surface area contributed by atoms with Crippen LogP contribution >= 0.6 is 11.6 Å². The number of fused-ring (bicyclic) bond motifs is 1. The number of H-pyrrole nitrogens is 1. The predicted octanol–water partition coefficient (Wildman–Crippen LogP) is 5.26. The van der Waals surface area contributed by atoms with Gasteiger partial charge in [-0.25, -0.2) is 13.4 Å². The standard InChI is InChI=1S/C28H33ClN4O3S/c1-20-9-7-14-23(29)28(20)37(35,36)33-17-6-5-12-22(33)13-8-15-25(34)32-18-16-24-26(31-19-30-24)27(32)21-10-3-2-4-11-21/h2-4,7,9-11,14,19,22,27H,5-6,8,12-13,15-18H2,1H3,(H,30,31). The maximum atomic E-state index is 13.6. The summed E-state index contributed by atoms with van der Waals surface area (Å²) in [6, 6.07) is 14.9. The van der Waals surface area contributed by atoms with Crippen molar-refractivity contribution in [1.29, 1.82) is 0 Å². The highest BCUT2D eigenvalue weighted by Gasteiger charge is 2.36. The van der Waals surface area contributed by atoms with Crippen LogP contribution < -0.4 is 0 Å². The third kappa shape index (κ3) is 5.19. The second-order valence-corrected chi connectivity index (χ2v) is 12.2. The van der Waals surface area contributed by atoms with E-state index in [1.165, 1.54) is 0 Å². The molecule has 2 aliphatic rings. The lowest BCUT2D eigenvalue weighted by atomic mass is 9.94. The van der Waals surface area contributed by atoms with E-state index in [0.717, 1.165) is 42.6 Å². The van der Waals surface area contributed by atoms with E-state index in [4.69, 9.17) is 11.6 Å². The molecule has 2 unspecified atom stereocenters.